The molecule has 4 aromatic rings. The van der Waals surface area contributed by atoms with E-state index in [0.29, 0.717) is 17.1 Å². The maximum absolute atomic E-state index is 13.9. The summed E-state index contributed by atoms with van der Waals surface area (Å²) in [6.07, 6.45) is 0. The van der Waals surface area contributed by atoms with E-state index in [9.17, 15) is 13.6 Å². The van der Waals surface area contributed by atoms with Crippen molar-refractivity contribution in [3.63, 3.8) is 0 Å². The maximum Gasteiger partial charge on any atom is 0.327 e. The number of carbonyl (C=O) groups is 1. The van der Waals surface area contributed by atoms with Crippen molar-refractivity contribution < 1.29 is 18.1 Å². The van der Waals surface area contributed by atoms with Crippen LogP contribution < -0.4 is 10.2 Å². The monoisotopic (exact) mass is 444 g/mol. The van der Waals surface area contributed by atoms with Gasteiger partial charge in [0.1, 0.15) is 11.6 Å². The zero-order chi connectivity index (χ0) is 22.9. The number of nitrogens with zero attached hydrogens (tertiary/aromatic N) is 3. The topological polar surface area (TPSA) is 71.3 Å². The third-order valence-corrected chi connectivity index (χ3v) is 5.41. The number of hydrogen-bond acceptors (Lipinski definition) is 4. The van der Waals surface area contributed by atoms with Crippen LogP contribution in [0.5, 0.6) is 0 Å². The summed E-state index contributed by atoms with van der Waals surface area (Å²) in [5.74, 6) is -0.997. The van der Waals surface area contributed by atoms with E-state index in [1.165, 1.54) is 4.90 Å². The fourth-order valence-electron chi connectivity index (χ4n) is 3.93. The van der Waals surface area contributed by atoms with Gasteiger partial charge in [0.15, 0.2) is 0 Å². The molecule has 1 unspecified atom stereocenters. The molecule has 164 valence electrons. The van der Waals surface area contributed by atoms with E-state index in [-0.39, 0.29) is 11.6 Å². The second kappa shape index (κ2) is 8.31. The third kappa shape index (κ3) is 3.87. The summed E-state index contributed by atoms with van der Waals surface area (Å²) in [6.45, 7) is 1.68. The molecule has 5 rings (SSSR count). The second-order valence-electron chi connectivity index (χ2n) is 7.54. The van der Waals surface area contributed by atoms with E-state index in [4.69, 9.17) is 4.52 Å². The van der Waals surface area contributed by atoms with Gasteiger partial charge in [0.25, 0.3) is 5.89 Å². The van der Waals surface area contributed by atoms with Crippen molar-refractivity contribution in [2.24, 2.45) is 0 Å². The minimum atomic E-state index is -0.790. The number of anilines is 1. The van der Waals surface area contributed by atoms with Gasteiger partial charge in [0.05, 0.1) is 17.3 Å². The van der Waals surface area contributed by atoms with Crippen LogP contribution in [0.1, 0.15) is 24.4 Å². The Kier molecular flexibility index (Phi) is 5.18. The predicted octanol–water partition coefficient (Wildman–Crippen LogP) is 5.72. The molecule has 2 heterocycles. The molecule has 0 aliphatic carbocycles. The van der Waals surface area contributed by atoms with Crippen LogP contribution in [-0.4, -0.2) is 16.2 Å². The van der Waals surface area contributed by atoms with E-state index in [2.05, 4.69) is 15.5 Å². The molecular weight excluding hydrogens is 426 g/mol. The summed E-state index contributed by atoms with van der Waals surface area (Å²) in [6, 6.07) is 20.4. The molecule has 1 atom stereocenters. The van der Waals surface area contributed by atoms with Crippen molar-refractivity contribution in [2.75, 3.05) is 4.90 Å². The molecule has 0 fully saturated rings. The molecule has 0 radical (unpaired) electrons. The molecule has 0 saturated carbocycles. The highest BCUT2D eigenvalue weighted by Crippen LogP contribution is 2.39. The normalized spacial score (nSPS) is 16.2. The summed E-state index contributed by atoms with van der Waals surface area (Å²) < 4.78 is 33.5. The molecule has 0 saturated heterocycles. The lowest BCUT2D eigenvalue weighted by molar-refractivity contribution is 0.244. The van der Waals surface area contributed by atoms with E-state index in [1.807, 2.05) is 60.7 Å². The molecule has 1 aromatic heterocycles. The van der Waals surface area contributed by atoms with Gasteiger partial charge in [-0.1, -0.05) is 65.8 Å². The number of allylic oxidation sites excluding steroid dienone is 1. The lowest BCUT2D eigenvalue weighted by Gasteiger charge is -2.35. The highest BCUT2D eigenvalue weighted by Gasteiger charge is 2.36. The molecule has 6 nitrogen and oxygen atoms in total. The van der Waals surface area contributed by atoms with Crippen LogP contribution in [0.4, 0.5) is 19.3 Å². The fourth-order valence-corrected chi connectivity index (χ4v) is 3.93. The Balaban J connectivity index is 1.67. The molecule has 0 spiro atoms. The molecule has 3 aromatic carbocycles. The molecular formula is C25H18F2N4O2. The Labute approximate surface area is 188 Å². The zero-order valence-electron chi connectivity index (χ0n) is 17.5. The number of hydrogen-bond donors (Lipinski definition) is 1. The number of benzene rings is 3. The van der Waals surface area contributed by atoms with Gasteiger partial charge in [0.2, 0.25) is 5.82 Å². The fraction of sp³-hybridized carbons (Fsp3) is 0.0800. The number of amides is 2. The van der Waals surface area contributed by atoms with Crippen LogP contribution in [0, 0.1) is 11.6 Å². The first-order chi connectivity index (χ1) is 16.0. The van der Waals surface area contributed by atoms with E-state index in [1.54, 1.807) is 6.92 Å². The Morgan fingerprint density at radius 1 is 0.939 bits per heavy atom. The van der Waals surface area contributed by atoms with Gasteiger partial charge < -0.3 is 9.84 Å². The van der Waals surface area contributed by atoms with Crippen molar-refractivity contribution in [1.82, 2.24) is 15.5 Å². The average molecular weight is 444 g/mol. The number of halogens is 2. The van der Waals surface area contributed by atoms with Crippen LogP contribution in [0.15, 0.2) is 89.1 Å². The zero-order valence-corrected chi connectivity index (χ0v) is 17.5. The van der Waals surface area contributed by atoms with Crippen molar-refractivity contribution in [3.8, 4) is 11.4 Å². The molecule has 33 heavy (non-hydrogen) atoms. The van der Waals surface area contributed by atoms with Crippen LogP contribution in [0.3, 0.4) is 0 Å². The van der Waals surface area contributed by atoms with Crippen molar-refractivity contribution in [1.29, 1.82) is 0 Å². The van der Waals surface area contributed by atoms with Crippen molar-refractivity contribution >= 4 is 17.3 Å². The van der Waals surface area contributed by atoms with E-state index in [0.717, 1.165) is 29.3 Å². The van der Waals surface area contributed by atoms with Gasteiger partial charge in [-0.2, -0.15) is 4.98 Å². The first-order valence-corrected chi connectivity index (χ1v) is 10.2. The smallest absolute Gasteiger partial charge is 0.327 e. The Morgan fingerprint density at radius 3 is 2.24 bits per heavy atom. The second-order valence-corrected chi connectivity index (χ2v) is 7.54. The summed E-state index contributed by atoms with van der Waals surface area (Å²) in [4.78, 5) is 18.8. The number of nitrogens with one attached hydrogen (secondary N) is 1. The molecule has 1 aliphatic rings. The number of carbonyl (C=O) groups excluding carboxylic acids is 1. The summed E-state index contributed by atoms with van der Waals surface area (Å²) in [5.41, 5.74) is 2.56. The first-order valence-electron chi connectivity index (χ1n) is 10.2. The molecule has 1 aliphatic heterocycles. The first kappa shape index (κ1) is 20.6. The minimum absolute atomic E-state index is 0.0503. The Bertz CT molecular complexity index is 1330. The molecule has 1 N–H and O–H groups in total. The molecule has 8 heteroatoms. The number of aromatic nitrogens is 2. The Hall–Kier alpha value is -4.33. The highest BCUT2D eigenvalue weighted by molar-refractivity contribution is 6.01. The predicted molar refractivity (Wildman–Crippen MR) is 119 cm³/mol. The van der Waals surface area contributed by atoms with Gasteiger partial charge in [0, 0.05) is 17.3 Å². The Morgan fingerprint density at radius 2 is 1.58 bits per heavy atom. The quantitative estimate of drug-likeness (QED) is 0.437. The van der Waals surface area contributed by atoms with Crippen molar-refractivity contribution in [2.45, 2.75) is 13.0 Å². The average Bonchev–Trinajstić information content (AvgIpc) is 3.29. The van der Waals surface area contributed by atoms with E-state index >= 15 is 0 Å². The van der Waals surface area contributed by atoms with Crippen LogP contribution in [0.25, 0.3) is 17.0 Å². The van der Waals surface area contributed by atoms with Gasteiger partial charge in [-0.15, -0.1) is 0 Å². The van der Waals surface area contributed by atoms with Gasteiger partial charge in [-0.25, -0.2) is 13.6 Å². The lowest BCUT2D eigenvalue weighted by Crippen LogP contribution is -2.46. The SMILES string of the molecule is CC1=C(c2nc(-c3ccccc3)no2)C(c2ccccc2)NC(=O)N1c1cc(F)cc(F)c1. The van der Waals surface area contributed by atoms with Crippen molar-refractivity contribution in [3.05, 3.63) is 108 Å². The molecule has 2 amide bonds. The van der Waals surface area contributed by atoms with Crippen LogP contribution >= 0.6 is 0 Å². The summed E-state index contributed by atoms with van der Waals surface area (Å²) in [5, 5.41) is 7.00. The van der Waals surface area contributed by atoms with Gasteiger partial charge >= 0.3 is 6.03 Å². The number of rotatable bonds is 4. The number of urea groups is 1. The third-order valence-electron chi connectivity index (χ3n) is 5.41. The minimum Gasteiger partial charge on any atom is -0.334 e. The molecule has 0 bridgehead atoms. The van der Waals surface area contributed by atoms with Crippen LogP contribution in [0.2, 0.25) is 0 Å². The summed E-state index contributed by atoms with van der Waals surface area (Å²) in [7, 11) is 0. The van der Waals surface area contributed by atoms with Crippen LogP contribution in [-0.2, 0) is 0 Å². The largest absolute Gasteiger partial charge is 0.334 e. The van der Waals surface area contributed by atoms with E-state index < -0.39 is 23.7 Å². The van der Waals surface area contributed by atoms with Gasteiger partial charge in [-0.05, 0) is 24.6 Å². The lowest BCUT2D eigenvalue weighted by atomic mass is 9.94. The standard InChI is InChI=1S/C25H18F2N4O2/c1-15-21(24-29-23(30-33-24)17-10-6-3-7-11-17)22(16-8-4-2-5-9-16)28-25(32)31(15)20-13-18(26)12-19(27)14-20/h2-14,22H,1H3,(H,28,32). The highest BCUT2D eigenvalue weighted by atomic mass is 19.1. The van der Waals surface area contributed by atoms with Gasteiger partial charge in [-0.3, -0.25) is 4.90 Å². The maximum atomic E-state index is 13.9. The summed E-state index contributed by atoms with van der Waals surface area (Å²) >= 11 is 0.